The van der Waals surface area contributed by atoms with Gasteiger partial charge in [0.15, 0.2) is 0 Å². The predicted molar refractivity (Wildman–Crippen MR) is 112 cm³/mol. The number of hydrogen-bond donors (Lipinski definition) is 0. The molecule has 0 aliphatic rings. The summed E-state index contributed by atoms with van der Waals surface area (Å²) >= 11 is 19.3. The molecular formula is C19H17Cl3N6. The summed E-state index contributed by atoms with van der Waals surface area (Å²) in [6.07, 6.45) is 3.82. The van der Waals surface area contributed by atoms with Crippen LogP contribution < -0.4 is 0 Å². The van der Waals surface area contributed by atoms with E-state index in [4.69, 9.17) is 39.9 Å². The van der Waals surface area contributed by atoms with Crippen LogP contribution in [0.4, 0.5) is 0 Å². The van der Waals surface area contributed by atoms with Crippen LogP contribution >= 0.6 is 34.8 Å². The first kappa shape index (κ1) is 19.1. The molecule has 0 atom stereocenters. The number of aromatic nitrogens is 6. The zero-order valence-electron chi connectivity index (χ0n) is 15.7. The Balaban J connectivity index is 2.05. The van der Waals surface area contributed by atoms with Crippen LogP contribution in [0, 0.1) is 13.8 Å². The topological polar surface area (TPSA) is 53.5 Å². The molecule has 0 unspecified atom stereocenters. The highest BCUT2D eigenvalue weighted by atomic mass is 35.5. The molecule has 0 aliphatic heterocycles. The Labute approximate surface area is 177 Å². The molecule has 0 saturated heterocycles. The van der Waals surface area contributed by atoms with Crippen LogP contribution in [0.3, 0.4) is 0 Å². The van der Waals surface area contributed by atoms with E-state index < -0.39 is 0 Å². The minimum atomic E-state index is 0.516. The monoisotopic (exact) mass is 434 g/mol. The van der Waals surface area contributed by atoms with Crippen molar-refractivity contribution in [2.45, 2.75) is 13.8 Å². The number of aryl methyl sites for hydroxylation is 4. The first-order chi connectivity index (χ1) is 13.2. The van der Waals surface area contributed by atoms with Crippen molar-refractivity contribution in [2.24, 2.45) is 14.1 Å². The Kier molecular flexibility index (Phi) is 4.73. The third kappa shape index (κ3) is 3.21. The number of benzene rings is 1. The molecule has 1 aromatic carbocycles. The summed E-state index contributed by atoms with van der Waals surface area (Å²) in [6, 6.07) is 5.27. The Morgan fingerprint density at radius 2 is 1.29 bits per heavy atom. The van der Waals surface area contributed by atoms with E-state index in [1.807, 2.05) is 40.3 Å². The molecule has 9 heteroatoms. The molecule has 144 valence electrons. The molecule has 4 aromatic rings. The zero-order valence-corrected chi connectivity index (χ0v) is 18.0. The second kappa shape index (κ2) is 6.95. The molecule has 0 N–H and O–H groups in total. The standard InChI is InChI=1S/C19H17Cl3N6/c1-10-15(8-26(3)23-10)18-17(22)19(16-9-27(4)24-11(16)2)28(25-18)14-6-12(20)5-13(21)7-14/h5-9H,1-4H3. The van der Waals surface area contributed by atoms with Gasteiger partial charge in [-0.2, -0.15) is 15.3 Å². The first-order valence-corrected chi connectivity index (χ1v) is 9.64. The van der Waals surface area contributed by atoms with Crippen LogP contribution in [0.15, 0.2) is 30.6 Å². The van der Waals surface area contributed by atoms with Crippen LogP contribution in [-0.2, 0) is 14.1 Å². The minimum absolute atomic E-state index is 0.516. The van der Waals surface area contributed by atoms with Gasteiger partial charge in [-0.25, -0.2) is 4.68 Å². The van der Waals surface area contributed by atoms with E-state index in [0.717, 1.165) is 28.2 Å². The maximum atomic E-state index is 6.87. The fourth-order valence-electron chi connectivity index (χ4n) is 3.32. The van der Waals surface area contributed by atoms with Crippen molar-refractivity contribution in [3.63, 3.8) is 0 Å². The van der Waals surface area contributed by atoms with Gasteiger partial charge < -0.3 is 0 Å². The Bertz CT molecular complexity index is 1180. The summed E-state index contributed by atoms with van der Waals surface area (Å²) in [5.41, 5.74) is 5.50. The molecule has 3 heterocycles. The third-order valence-corrected chi connectivity index (χ3v) is 5.25. The van der Waals surface area contributed by atoms with E-state index in [9.17, 15) is 0 Å². The van der Waals surface area contributed by atoms with Crippen LogP contribution in [0.1, 0.15) is 11.4 Å². The van der Waals surface area contributed by atoms with E-state index in [1.165, 1.54) is 0 Å². The molecule has 0 spiro atoms. The van der Waals surface area contributed by atoms with Crippen LogP contribution in [0.25, 0.3) is 28.2 Å². The second-order valence-corrected chi connectivity index (χ2v) is 7.91. The van der Waals surface area contributed by atoms with Gasteiger partial charge in [-0.15, -0.1) is 0 Å². The number of halogens is 3. The highest BCUT2D eigenvalue weighted by Gasteiger charge is 2.25. The molecule has 6 nitrogen and oxygen atoms in total. The van der Waals surface area contributed by atoms with Crippen molar-refractivity contribution < 1.29 is 0 Å². The summed E-state index contributed by atoms with van der Waals surface area (Å²) in [5.74, 6) is 0. The highest BCUT2D eigenvalue weighted by molar-refractivity contribution is 6.36. The van der Waals surface area contributed by atoms with Gasteiger partial charge in [-0.3, -0.25) is 9.36 Å². The average molecular weight is 436 g/mol. The fraction of sp³-hybridized carbons (Fsp3) is 0.211. The van der Waals surface area contributed by atoms with Gasteiger partial charge in [-0.1, -0.05) is 34.8 Å². The largest absolute Gasteiger partial charge is 0.275 e. The molecule has 4 rings (SSSR count). The lowest BCUT2D eigenvalue weighted by atomic mass is 10.1. The maximum Gasteiger partial charge on any atom is 0.115 e. The van der Waals surface area contributed by atoms with Crippen LogP contribution in [0.2, 0.25) is 15.1 Å². The molecule has 28 heavy (non-hydrogen) atoms. The summed E-state index contributed by atoms with van der Waals surface area (Å²) in [4.78, 5) is 0. The van der Waals surface area contributed by atoms with Crippen LogP contribution in [-0.4, -0.2) is 29.3 Å². The molecule has 0 radical (unpaired) electrons. The van der Waals surface area contributed by atoms with Crippen molar-refractivity contribution in [3.8, 4) is 28.2 Å². The van der Waals surface area contributed by atoms with Gasteiger partial charge in [0.1, 0.15) is 5.69 Å². The fourth-order valence-corrected chi connectivity index (χ4v) is 4.15. The summed E-state index contributed by atoms with van der Waals surface area (Å²) in [6.45, 7) is 3.86. The minimum Gasteiger partial charge on any atom is -0.275 e. The van der Waals surface area contributed by atoms with Crippen molar-refractivity contribution in [3.05, 3.63) is 57.0 Å². The predicted octanol–water partition coefficient (Wildman–Crippen LogP) is 5.25. The van der Waals surface area contributed by atoms with Crippen molar-refractivity contribution in [1.82, 2.24) is 29.3 Å². The van der Waals surface area contributed by atoms with E-state index in [-0.39, 0.29) is 0 Å². The van der Waals surface area contributed by atoms with Gasteiger partial charge in [0.25, 0.3) is 0 Å². The molecule has 0 bridgehead atoms. The molecular weight excluding hydrogens is 419 g/mol. The van der Waals surface area contributed by atoms with E-state index in [0.29, 0.717) is 26.4 Å². The zero-order chi connectivity index (χ0) is 20.2. The van der Waals surface area contributed by atoms with E-state index in [1.54, 1.807) is 32.2 Å². The SMILES string of the molecule is Cc1nn(C)cc1-c1nn(-c2cc(Cl)cc(Cl)c2)c(-c2cn(C)nc2C)c1Cl. The Morgan fingerprint density at radius 3 is 1.79 bits per heavy atom. The van der Waals surface area contributed by atoms with Crippen molar-refractivity contribution in [2.75, 3.05) is 0 Å². The lowest BCUT2D eigenvalue weighted by Gasteiger charge is -2.08. The quantitative estimate of drug-likeness (QED) is 0.441. The van der Waals surface area contributed by atoms with E-state index >= 15 is 0 Å². The molecule has 0 saturated carbocycles. The maximum absolute atomic E-state index is 6.87. The van der Waals surface area contributed by atoms with E-state index in [2.05, 4.69) is 10.2 Å². The van der Waals surface area contributed by atoms with Gasteiger partial charge in [0.2, 0.25) is 0 Å². The van der Waals surface area contributed by atoms with Gasteiger partial charge in [0, 0.05) is 47.7 Å². The number of rotatable bonds is 3. The Morgan fingerprint density at radius 1 is 0.750 bits per heavy atom. The van der Waals surface area contributed by atoms with Gasteiger partial charge in [0.05, 0.1) is 27.8 Å². The van der Waals surface area contributed by atoms with Gasteiger partial charge in [-0.05, 0) is 32.0 Å². The number of hydrogen-bond acceptors (Lipinski definition) is 3. The second-order valence-electron chi connectivity index (χ2n) is 6.65. The van der Waals surface area contributed by atoms with Crippen molar-refractivity contribution >= 4 is 34.8 Å². The normalized spacial score (nSPS) is 11.4. The molecule has 0 aliphatic carbocycles. The lowest BCUT2D eigenvalue weighted by Crippen LogP contribution is -2.00. The lowest BCUT2D eigenvalue weighted by molar-refractivity contribution is 0.756. The molecule has 0 amide bonds. The third-order valence-electron chi connectivity index (χ3n) is 4.46. The Hall–Kier alpha value is -2.28. The summed E-state index contributed by atoms with van der Waals surface area (Å²) in [7, 11) is 3.73. The highest BCUT2D eigenvalue weighted by Crippen LogP contribution is 2.40. The number of nitrogens with zero attached hydrogens (tertiary/aromatic N) is 6. The summed E-state index contributed by atoms with van der Waals surface area (Å²) in [5, 5.41) is 15.2. The smallest absolute Gasteiger partial charge is 0.115 e. The van der Waals surface area contributed by atoms with Crippen LogP contribution in [0.5, 0.6) is 0 Å². The summed E-state index contributed by atoms with van der Waals surface area (Å²) < 4.78 is 5.25. The molecule has 0 fully saturated rings. The van der Waals surface area contributed by atoms with Crippen molar-refractivity contribution in [1.29, 1.82) is 0 Å². The molecule has 3 aromatic heterocycles. The van der Waals surface area contributed by atoms with Gasteiger partial charge >= 0.3 is 0 Å². The average Bonchev–Trinajstić information content (AvgIpc) is 3.21. The first-order valence-electron chi connectivity index (χ1n) is 8.51.